The molecule has 0 saturated carbocycles. The van der Waals surface area contributed by atoms with Crippen molar-refractivity contribution in [2.75, 3.05) is 4.90 Å². The Morgan fingerprint density at radius 1 is 0.840 bits per heavy atom. The summed E-state index contributed by atoms with van der Waals surface area (Å²) in [7, 11) is 0. The first-order valence-electron chi connectivity index (χ1n) is 7.95. The molecular formula is C21H14ClNO2. The molecule has 1 atom stereocenters. The van der Waals surface area contributed by atoms with E-state index in [0.29, 0.717) is 27.4 Å². The number of nitrogens with zero attached hydrogens (tertiary/aromatic N) is 1. The quantitative estimate of drug-likeness (QED) is 0.630. The molecule has 0 saturated heterocycles. The van der Waals surface area contributed by atoms with Crippen LogP contribution >= 0.6 is 11.6 Å². The number of anilines is 1. The number of hydrogen-bond donors (Lipinski definition) is 0. The Kier molecular flexibility index (Phi) is 3.86. The van der Waals surface area contributed by atoms with Crippen LogP contribution in [0, 0.1) is 0 Å². The SMILES string of the molecule is O=C(c1ccccc1)C1c2c(Cl)cccc2C(=O)N1c1ccccc1. The van der Waals surface area contributed by atoms with Crippen molar-refractivity contribution in [3.63, 3.8) is 0 Å². The summed E-state index contributed by atoms with van der Waals surface area (Å²) in [5.41, 5.74) is 2.28. The Morgan fingerprint density at radius 2 is 1.48 bits per heavy atom. The molecule has 0 fully saturated rings. The molecule has 0 aromatic heterocycles. The fourth-order valence-electron chi connectivity index (χ4n) is 3.24. The van der Waals surface area contributed by atoms with Crippen LogP contribution in [0.3, 0.4) is 0 Å². The van der Waals surface area contributed by atoms with Gasteiger partial charge in [0.25, 0.3) is 5.91 Å². The molecule has 0 radical (unpaired) electrons. The molecule has 3 nitrogen and oxygen atoms in total. The predicted molar refractivity (Wildman–Crippen MR) is 98.2 cm³/mol. The maximum Gasteiger partial charge on any atom is 0.259 e. The lowest BCUT2D eigenvalue weighted by atomic mass is 9.96. The second-order valence-electron chi connectivity index (χ2n) is 5.84. The first-order valence-corrected chi connectivity index (χ1v) is 8.32. The summed E-state index contributed by atoms with van der Waals surface area (Å²) in [5.74, 6) is -0.359. The summed E-state index contributed by atoms with van der Waals surface area (Å²) < 4.78 is 0. The van der Waals surface area contributed by atoms with Gasteiger partial charge in [0.2, 0.25) is 0 Å². The van der Waals surface area contributed by atoms with Crippen LogP contribution < -0.4 is 4.90 Å². The minimum atomic E-state index is -0.763. The first kappa shape index (κ1) is 15.6. The number of hydrogen-bond acceptors (Lipinski definition) is 2. The summed E-state index contributed by atoms with van der Waals surface area (Å²) in [6.07, 6.45) is 0. The Balaban J connectivity index is 1.91. The van der Waals surface area contributed by atoms with Crippen molar-refractivity contribution in [1.82, 2.24) is 0 Å². The largest absolute Gasteiger partial charge is 0.293 e. The topological polar surface area (TPSA) is 37.4 Å². The standard InChI is InChI=1S/C21H14ClNO2/c22-17-13-7-12-16-18(17)19(20(24)14-8-3-1-4-9-14)23(21(16)25)15-10-5-2-6-11-15/h1-13,19H. The normalized spacial score (nSPS) is 16.0. The zero-order valence-electron chi connectivity index (χ0n) is 13.2. The van der Waals surface area contributed by atoms with E-state index in [1.165, 1.54) is 4.90 Å². The molecule has 0 N–H and O–H groups in total. The van der Waals surface area contributed by atoms with E-state index in [1.807, 2.05) is 48.5 Å². The number of ketones is 1. The number of rotatable bonds is 3. The van der Waals surface area contributed by atoms with E-state index < -0.39 is 6.04 Å². The molecule has 1 unspecified atom stereocenters. The van der Waals surface area contributed by atoms with Gasteiger partial charge in [0, 0.05) is 27.4 Å². The molecular weight excluding hydrogens is 334 g/mol. The minimum Gasteiger partial charge on any atom is -0.293 e. The molecule has 1 aliphatic rings. The van der Waals surface area contributed by atoms with Gasteiger partial charge in [0.05, 0.1) is 0 Å². The number of para-hydroxylation sites is 1. The van der Waals surface area contributed by atoms with Crippen molar-refractivity contribution in [1.29, 1.82) is 0 Å². The number of benzene rings is 3. The van der Waals surface area contributed by atoms with E-state index in [9.17, 15) is 9.59 Å². The van der Waals surface area contributed by atoms with Crippen LogP contribution in [-0.2, 0) is 0 Å². The van der Waals surface area contributed by atoms with Gasteiger partial charge < -0.3 is 0 Å². The average Bonchev–Trinajstić information content (AvgIpc) is 2.97. The highest BCUT2D eigenvalue weighted by molar-refractivity contribution is 6.34. The predicted octanol–water partition coefficient (Wildman–Crippen LogP) is 4.92. The average molecular weight is 348 g/mol. The number of carbonyl (C=O) groups excluding carboxylic acids is 2. The summed E-state index contributed by atoms with van der Waals surface area (Å²) in [4.78, 5) is 27.8. The molecule has 1 amide bonds. The van der Waals surface area contributed by atoms with Gasteiger partial charge in [-0.3, -0.25) is 14.5 Å². The third kappa shape index (κ3) is 2.53. The second-order valence-corrected chi connectivity index (χ2v) is 6.25. The summed E-state index contributed by atoms with van der Waals surface area (Å²) in [6, 6.07) is 22.6. The van der Waals surface area contributed by atoms with Gasteiger partial charge in [0.1, 0.15) is 6.04 Å². The first-order chi connectivity index (χ1) is 12.2. The smallest absolute Gasteiger partial charge is 0.259 e. The highest BCUT2D eigenvalue weighted by Crippen LogP contribution is 2.42. The van der Waals surface area contributed by atoms with Crippen LogP contribution in [-0.4, -0.2) is 11.7 Å². The summed E-state index contributed by atoms with van der Waals surface area (Å²) in [5, 5.41) is 0.429. The van der Waals surface area contributed by atoms with Crippen molar-refractivity contribution in [3.05, 3.63) is 101 Å². The van der Waals surface area contributed by atoms with Gasteiger partial charge in [-0.05, 0) is 24.3 Å². The van der Waals surface area contributed by atoms with Crippen molar-refractivity contribution < 1.29 is 9.59 Å². The molecule has 3 aromatic rings. The Morgan fingerprint density at radius 3 is 2.16 bits per heavy atom. The molecule has 122 valence electrons. The Labute approximate surface area is 150 Å². The maximum atomic E-state index is 13.2. The Bertz CT molecular complexity index is 954. The van der Waals surface area contributed by atoms with E-state index >= 15 is 0 Å². The number of Topliss-reactive ketones (excluding diaryl/α,β-unsaturated/α-hetero) is 1. The third-order valence-corrected chi connectivity index (χ3v) is 4.70. The fourth-order valence-corrected chi connectivity index (χ4v) is 3.52. The van der Waals surface area contributed by atoms with Gasteiger partial charge in [0.15, 0.2) is 5.78 Å². The molecule has 0 spiro atoms. The summed E-state index contributed by atoms with van der Waals surface area (Å²) in [6.45, 7) is 0. The molecule has 4 heteroatoms. The fraction of sp³-hybridized carbons (Fsp3) is 0.0476. The van der Waals surface area contributed by atoms with Crippen molar-refractivity contribution in [3.8, 4) is 0 Å². The summed E-state index contributed by atoms with van der Waals surface area (Å²) >= 11 is 6.38. The van der Waals surface area contributed by atoms with E-state index in [0.717, 1.165) is 0 Å². The molecule has 1 heterocycles. The van der Waals surface area contributed by atoms with Gasteiger partial charge in [-0.2, -0.15) is 0 Å². The lowest BCUT2D eigenvalue weighted by molar-refractivity contribution is 0.0916. The Hall–Kier alpha value is -2.91. The van der Waals surface area contributed by atoms with E-state index in [4.69, 9.17) is 11.6 Å². The number of carbonyl (C=O) groups is 2. The number of amides is 1. The monoisotopic (exact) mass is 347 g/mol. The van der Waals surface area contributed by atoms with Crippen molar-refractivity contribution in [2.45, 2.75) is 6.04 Å². The van der Waals surface area contributed by atoms with Gasteiger partial charge in [-0.15, -0.1) is 0 Å². The molecule has 4 rings (SSSR count). The maximum absolute atomic E-state index is 13.2. The van der Waals surface area contributed by atoms with Gasteiger partial charge in [-0.25, -0.2) is 0 Å². The van der Waals surface area contributed by atoms with Crippen LogP contribution in [0.4, 0.5) is 5.69 Å². The van der Waals surface area contributed by atoms with Crippen LogP contribution in [0.2, 0.25) is 5.02 Å². The molecule has 25 heavy (non-hydrogen) atoms. The highest BCUT2D eigenvalue weighted by atomic mass is 35.5. The van der Waals surface area contributed by atoms with E-state index in [2.05, 4.69) is 0 Å². The molecule has 0 bridgehead atoms. The van der Waals surface area contributed by atoms with Crippen LogP contribution in [0.15, 0.2) is 78.9 Å². The third-order valence-electron chi connectivity index (χ3n) is 4.37. The zero-order valence-corrected chi connectivity index (χ0v) is 14.0. The van der Waals surface area contributed by atoms with Crippen molar-refractivity contribution in [2.24, 2.45) is 0 Å². The number of fused-ring (bicyclic) bond motifs is 1. The van der Waals surface area contributed by atoms with Gasteiger partial charge in [-0.1, -0.05) is 66.2 Å². The van der Waals surface area contributed by atoms with E-state index in [-0.39, 0.29) is 11.7 Å². The second kappa shape index (κ2) is 6.19. The lowest BCUT2D eigenvalue weighted by Crippen LogP contribution is -2.32. The van der Waals surface area contributed by atoms with Crippen LogP contribution in [0.5, 0.6) is 0 Å². The molecule has 1 aliphatic heterocycles. The van der Waals surface area contributed by atoms with Gasteiger partial charge >= 0.3 is 0 Å². The minimum absolute atomic E-state index is 0.148. The number of halogens is 1. The van der Waals surface area contributed by atoms with Crippen LogP contribution in [0.1, 0.15) is 32.3 Å². The molecule has 3 aromatic carbocycles. The van der Waals surface area contributed by atoms with E-state index in [1.54, 1.807) is 30.3 Å². The highest BCUT2D eigenvalue weighted by Gasteiger charge is 2.43. The lowest BCUT2D eigenvalue weighted by Gasteiger charge is -2.25. The molecule has 0 aliphatic carbocycles. The zero-order chi connectivity index (χ0) is 17.4. The van der Waals surface area contributed by atoms with Crippen molar-refractivity contribution >= 4 is 29.0 Å². The van der Waals surface area contributed by atoms with Crippen LogP contribution in [0.25, 0.3) is 0 Å².